The highest BCUT2D eigenvalue weighted by atomic mass is 35.5. The zero-order valence-corrected chi connectivity index (χ0v) is 16.2. The second-order valence-corrected chi connectivity index (χ2v) is 6.58. The van der Waals surface area contributed by atoms with E-state index >= 15 is 0 Å². The van der Waals surface area contributed by atoms with Crippen molar-refractivity contribution >= 4 is 35.0 Å². The lowest BCUT2D eigenvalue weighted by molar-refractivity contribution is -0.120. The van der Waals surface area contributed by atoms with E-state index in [0.717, 1.165) is 16.9 Å². The molecule has 144 valence electrons. The van der Waals surface area contributed by atoms with E-state index in [1.807, 2.05) is 37.3 Å². The topological polar surface area (TPSA) is 91.8 Å². The average molecular weight is 397 g/mol. The molecule has 0 radical (unpaired) electrons. The van der Waals surface area contributed by atoms with Crippen molar-refractivity contribution in [2.75, 3.05) is 23.7 Å². The largest absolute Gasteiger partial charge is 0.368 e. The standard InChI is InChI=1S/C20H21ClN6O/c1-14-6-7-22-18(10-14)27-19-12-17(25-13-26-19)23-8-9-24-20(28)11-15-4-2-3-5-16(15)21/h2-7,10,12-13H,8-9,11H2,1H3,(H,24,28)(H2,22,23,25,26,27). The lowest BCUT2D eigenvalue weighted by Crippen LogP contribution is -2.30. The van der Waals surface area contributed by atoms with Gasteiger partial charge in [-0.2, -0.15) is 0 Å². The van der Waals surface area contributed by atoms with Gasteiger partial charge >= 0.3 is 0 Å². The molecule has 3 rings (SSSR count). The van der Waals surface area contributed by atoms with Crippen LogP contribution in [-0.4, -0.2) is 33.9 Å². The van der Waals surface area contributed by atoms with E-state index in [9.17, 15) is 4.79 Å². The van der Waals surface area contributed by atoms with Crippen LogP contribution in [0.4, 0.5) is 17.5 Å². The average Bonchev–Trinajstić information content (AvgIpc) is 2.67. The molecule has 0 aliphatic carbocycles. The Hall–Kier alpha value is -3.19. The molecule has 1 aromatic carbocycles. The van der Waals surface area contributed by atoms with Crippen LogP contribution < -0.4 is 16.0 Å². The molecular formula is C20H21ClN6O. The van der Waals surface area contributed by atoms with Gasteiger partial charge in [0.2, 0.25) is 5.91 Å². The molecule has 28 heavy (non-hydrogen) atoms. The normalized spacial score (nSPS) is 10.4. The Bertz CT molecular complexity index is 949. The number of anilines is 3. The van der Waals surface area contributed by atoms with E-state index in [0.29, 0.717) is 29.7 Å². The number of carbonyl (C=O) groups is 1. The summed E-state index contributed by atoms with van der Waals surface area (Å²) in [4.78, 5) is 24.6. The first-order valence-electron chi connectivity index (χ1n) is 8.86. The van der Waals surface area contributed by atoms with Crippen molar-refractivity contribution in [3.05, 3.63) is 71.1 Å². The predicted molar refractivity (Wildman–Crippen MR) is 111 cm³/mol. The van der Waals surface area contributed by atoms with Crippen LogP contribution in [0.25, 0.3) is 0 Å². The van der Waals surface area contributed by atoms with E-state index in [1.54, 1.807) is 18.3 Å². The summed E-state index contributed by atoms with van der Waals surface area (Å²) in [6.45, 7) is 3.00. The molecule has 0 spiro atoms. The second-order valence-electron chi connectivity index (χ2n) is 6.18. The van der Waals surface area contributed by atoms with Gasteiger partial charge in [-0.15, -0.1) is 0 Å². The lowest BCUT2D eigenvalue weighted by atomic mass is 10.1. The fourth-order valence-corrected chi connectivity index (χ4v) is 2.73. The van der Waals surface area contributed by atoms with Crippen molar-refractivity contribution in [3.63, 3.8) is 0 Å². The third-order valence-electron chi connectivity index (χ3n) is 3.90. The van der Waals surface area contributed by atoms with Gasteiger partial charge in [0, 0.05) is 30.4 Å². The molecule has 3 N–H and O–H groups in total. The number of hydrogen-bond donors (Lipinski definition) is 3. The molecule has 1 amide bonds. The number of pyridine rings is 1. The predicted octanol–water partition coefficient (Wildman–Crippen LogP) is 3.35. The van der Waals surface area contributed by atoms with Crippen molar-refractivity contribution < 1.29 is 4.79 Å². The van der Waals surface area contributed by atoms with Crippen LogP contribution in [0.2, 0.25) is 5.02 Å². The molecule has 0 saturated heterocycles. The number of rotatable bonds is 8. The first kappa shape index (κ1) is 19.6. The summed E-state index contributed by atoms with van der Waals surface area (Å²) in [6, 6.07) is 13.0. The van der Waals surface area contributed by atoms with Crippen molar-refractivity contribution in [2.24, 2.45) is 0 Å². The van der Waals surface area contributed by atoms with Gasteiger partial charge in [-0.3, -0.25) is 4.79 Å². The van der Waals surface area contributed by atoms with Gasteiger partial charge in [-0.25, -0.2) is 15.0 Å². The summed E-state index contributed by atoms with van der Waals surface area (Å²) >= 11 is 6.07. The van der Waals surface area contributed by atoms with Crippen LogP contribution in [-0.2, 0) is 11.2 Å². The minimum Gasteiger partial charge on any atom is -0.368 e. The fraction of sp³-hybridized carbons (Fsp3) is 0.200. The molecule has 0 atom stereocenters. The van der Waals surface area contributed by atoms with Crippen LogP contribution in [0.5, 0.6) is 0 Å². The lowest BCUT2D eigenvalue weighted by Gasteiger charge is -2.10. The maximum Gasteiger partial charge on any atom is 0.224 e. The summed E-state index contributed by atoms with van der Waals surface area (Å²) in [7, 11) is 0. The van der Waals surface area contributed by atoms with Crippen molar-refractivity contribution in [3.8, 4) is 0 Å². The highest BCUT2D eigenvalue weighted by Crippen LogP contribution is 2.16. The van der Waals surface area contributed by atoms with E-state index < -0.39 is 0 Å². The molecule has 3 aromatic rings. The van der Waals surface area contributed by atoms with E-state index in [-0.39, 0.29) is 12.3 Å². The number of nitrogens with zero attached hydrogens (tertiary/aromatic N) is 3. The summed E-state index contributed by atoms with van der Waals surface area (Å²) in [5, 5.41) is 9.76. The highest BCUT2D eigenvalue weighted by molar-refractivity contribution is 6.31. The Kier molecular flexibility index (Phi) is 6.75. The highest BCUT2D eigenvalue weighted by Gasteiger charge is 2.06. The van der Waals surface area contributed by atoms with Gasteiger partial charge in [0.1, 0.15) is 23.8 Å². The van der Waals surface area contributed by atoms with Gasteiger partial charge < -0.3 is 16.0 Å². The number of aryl methyl sites for hydroxylation is 1. The molecule has 2 heterocycles. The molecular weight excluding hydrogens is 376 g/mol. The van der Waals surface area contributed by atoms with E-state index in [2.05, 4.69) is 30.9 Å². The van der Waals surface area contributed by atoms with E-state index in [4.69, 9.17) is 11.6 Å². The zero-order chi connectivity index (χ0) is 19.8. The van der Waals surface area contributed by atoms with Crippen LogP contribution >= 0.6 is 11.6 Å². The first-order valence-corrected chi connectivity index (χ1v) is 9.23. The summed E-state index contributed by atoms with van der Waals surface area (Å²) in [5.41, 5.74) is 1.92. The minimum atomic E-state index is -0.0783. The Labute approximate surface area is 168 Å². The SMILES string of the molecule is Cc1ccnc(Nc2cc(NCCNC(=O)Cc3ccccc3Cl)ncn2)c1. The van der Waals surface area contributed by atoms with Gasteiger partial charge in [0.15, 0.2) is 0 Å². The molecule has 0 unspecified atom stereocenters. The molecule has 0 bridgehead atoms. The van der Waals surface area contributed by atoms with Crippen LogP contribution in [0.3, 0.4) is 0 Å². The molecule has 0 aliphatic heterocycles. The molecule has 0 saturated carbocycles. The number of aromatic nitrogens is 3. The number of hydrogen-bond acceptors (Lipinski definition) is 6. The summed E-state index contributed by atoms with van der Waals surface area (Å²) < 4.78 is 0. The van der Waals surface area contributed by atoms with Crippen LogP contribution in [0.1, 0.15) is 11.1 Å². The summed E-state index contributed by atoms with van der Waals surface area (Å²) in [6.07, 6.45) is 3.46. The maximum atomic E-state index is 12.0. The van der Waals surface area contributed by atoms with Gasteiger partial charge in [0.05, 0.1) is 6.42 Å². The fourth-order valence-electron chi connectivity index (χ4n) is 2.53. The van der Waals surface area contributed by atoms with Crippen molar-refractivity contribution in [2.45, 2.75) is 13.3 Å². The number of amides is 1. The zero-order valence-electron chi connectivity index (χ0n) is 15.4. The van der Waals surface area contributed by atoms with Crippen LogP contribution in [0, 0.1) is 6.92 Å². The smallest absolute Gasteiger partial charge is 0.224 e. The van der Waals surface area contributed by atoms with Gasteiger partial charge in [0.25, 0.3) is 0 Å². The molecule has 0 aliphatic rings. The van der Waals surface area contributed by atoms with Crippen LogP contribution in [0.15, 0.2) is 55.0 Å². The van der Waals surface area contributed by atoms with E-state index in [1.165, 1.54) is 6.33 Å². The number of carbonyl (C=O) groups excluding carboxylic acids is 1. The maximum absolute atomic E-state index is 12.0. The second kappa shape index (κ2) is 9.66. The third-order valence-corrected chi connectivity index (χ3v) is 4.27. The van der Waals surface area contributed by atoms with Crippen molar-refractivity contribution in [1.29, 1.82) is 0 Å². The van der Waals surface area contributed by atoms with Gasteiger partial charge in [-0.05, 0) is 36.2 Å². The number of nitrogens with one attached hydrogen (secondary N) is 3. The molecule has 2 aromatic heterocycles. The Morgan fingerprint density at radius 1 is 1.00 bits per heavy atom. The first-order chi connectivity index (χ1) is 13.6. The third kappa shape index (κ3) is 5.92. The van der Waals surface area contributed by atoms with Crippen molar-refractivity contribution in [1.82, 2.24) is 20.3 Å². The molecule has 7 nitrogen and oxygen atoms in total. The Morgan fingerprint density at radius 2 is 1.79 bits per heavy atom. The Morgan fingerprint density at radius 3 is 2.61 bits per heavy atom. The number of halogens is 1. The number of benzene rings is 1. The quantitative estimate of drug-likeness (QED) is 0.506. The monoisotopic (exact) mass is 396 g/mol. The molecule has 0 fully saturated rings. The summed E-state index contributed by atoms with van der Waals surface area (Å²) in [5.74, 6) is 1.94. The van der Waals surface area contributed by atoms with Gasteiger partial charge in [-0.1, -0.05) is 29.8 Å². The Balaban J connectivity index is 1.45. The minimum absolute atomic E-state index is 0.0783. The molecule has 8 heteroatoms.